The molecule has 0 aliphatic carbocycles. The minimum absolute atomic E-state index is 0.0928. The summed E-state index contributed by atoms with van der Waals surface area (Å²) in [6.45, 7) is -0.0451. The van der Waals surface area contributed by atoms with Gasteiger partial charge in [0.25, 0.3) is 0 Å². The van der Waals surface area contributed by atoms with Gasteiger partial charge in [-0.1, -0.05) is 30.3 Å². The van der Waals surface area contributed by atoms with Crippen LogP contribution in [0.3, 0.4) is 0 Å². The number of benzene rings is 1. The van der Waals surface area contributed by atoms with Crippen molar-refractivity contribution in [3.05, 3.63) is 35.9 Å². The van der Waals surface area contributed by atoms with Gasteiger partial charge in [0.1, 0.15) is 24.2 Å². The highest BCUT2D eigenvalue weighted by Crippen LogP contribution is 2.15. The zero-order valence-electron chi connectivity index (χ0n) is 23.1. The Morgan fingerprint density at radius 2 is 1.48 bits per heavy atom. The predicted octanol–water partition coefficient (Wildman–Crippen LogP) is -2.91. The van der Waals surface area contributed by atoms with Crippen LogP contribution < -0.4 is 43.8 Å². The van der Waals surface area contributed by atoms with Crippen LogP contribution in [0.2, 0.25) is 0 Å². The average Bonchev–Trinajstić information content (AvgIpc) is 2.95. The van der Waals surface area contributed by atoms with Gasteiger partial charge in [0.05, 0.1) is 13.0 Å². The largest absolute Gasteiger partial charge is 0.480 e. The van der Waals surface area contributed by atoms with Gasteiger partial charge in [-0.15, -0.1) is 0 Å². The van der Waals surface area contributed by atoms with Crippen molar-refractivity contribution in [2.24, 2.45) is 22.2 Å². The molecule has 0 saturated carbocycles. The van der Waals surface area contributed by atoms with Gasteiger partial charge in [0.2, 0.25) is 29.5 Å². The van der Waals surface area contributed by atoms with Gasteiger partial charge in [-0.3, -0.25) is 29.0 Å². The molecule has 1 saturated heterocycles. The molecule has 5 amide bonds. The molecule has 16 nitrogen and oxygen atoms in total. The molecule has 4 atom stereocenters. The van der Waals surface area contributed by atoms with E-state index in [0.717, 1.165) is 0 Å². The zero-order valence-corrected chi connectivity index (χ0v) is 23.1. The summed E-state index contributed by atoms with van der Waals surface area (Å²) in [4.78, 5) is 80.8. The smallest absolute Gasteiger partial charge is 0.326 e. The number of amides is 5. The summed E-state index contributed by atoms with van der Waals surface area (Å²) in [5, 5.41) is 22.0. The first-order valence-corrected chi connectivity index (χ1v) is 13.5. The highest BCUT2D eigenvalue weighted by Gasteiger charge is 2.33. The van der Waals surface area contributed by atoms with Crippen LogP contribution in [0.1, 0.15) is 50.1 Å². The maximum atomic E-state index is 13.5. The van der Waals surface area contributed by atoms with Crippen LogP contribution in [0.4, 0.5) is 0 Å². The number of carbonyl (C=O) groups excluding carboxylic acids is 5. The van der Waals surface area contributed by atoms with E-state index >= 15 is 0 Å². The van der Waals surface area contributed by atoms with E-state index in [2.05, 4.69) is 31.6 Å². The maximum absolute atomic E-state index is 13.5. The second-order valence-electron chi connectivity index (χ2n) is 9.65. The Bertz CT molecular complexity index is 1140. The lowest BCUT2D eigenvalue weighted by atomic mass is 10.0. The first-order chi connectivity index (χ1) is 20.0. The Labute approximate surface area is 242 Å². The van der Waals surface area contributed by atoms with E-state index in [-0.39, 0.29) is 25.3 Å². The van der Waals surface area contributed by atoms with E-state index in [4.69, 9.17) is 17.2 Å². The van der Waals surface area contributed by atoms with Crippen LogP contribution >= 0.6 is 0 Å². The van der Waals surface area contributed by atoms with Crippen molar-refractivity contribution in [3.63, 3.8) is 0 Å². The molecule has 1 aromatic rings. The number of aliphatic imine (C=N–C) groups is 1. The van der Waals surface area contributed by atoms with Crippen LogP contribution in [-0.2, 0) is 28.8 Å². The fourth-order valence-electron chi connectivity index (χ4n) is 4.13. The Morgan fingerprint density at radius 1 is 0.833 bits per heavy atom. The van der Waals surface area contributed by atoms with E-state index < -0.39 is 72.6 Å². The van der Waals surface area contributed by atoms with Crippen molar-refractivity contribution in [1.29, 1.82) is 0 Å². The number of nitrogens with zero attached hydrogens (tertiary/aromatic N) is 1. The summed E-state index contributed by atoms with van der Waals surface area (Å²) in [6, 6.07) is 2.84. The standard InChI is InChI=1S/C26H39N9O7/c27-11-5-4-9-17-23(39)35-21(15-7-2-1-3-8-15)24(40)34-18(25(41)42)13-19(36)31-14-20(37)32-16(22(38)33-17)10-6-12-30-26(28)29/h1-3,7-8,16-18,21H,4-6,9-14,27H2,(H,31,36)(H,32,37)(H,33,38)(H,34,40)(H,35,39)(H,41,42)(H4,28,29,30)/t16-,17+,18-,21+/m0/s1. The molecule has 0 spiro atoms. The quantitative estimate of drug-likeness (QED) is 0.0762. The molecule has 42 heavy (non-hydrogen) atoms. The number of carbonyl (C=O) groups is 6. The van der Waals surface area contributed by atoms with Gasteiger partial charge in [0, 0.05) is 6.54 Å². The number of carboxylic acid groups (broad SMARTS) is 1. The van der Waals surface area contributed by atoms with E-state index in [1.54, 1.807) is 30.3 Å². The van der Waals surface area contributed by atoms with Gasteiger partial charge in [-0.25, -0.2) is 4.79 Å². The molecule has 1 heterocycles. The Hall–Kier alpha value is -4.73. The number of nitrogens with two attached hydrogens (primary N) is 3. The van der Waals surface area contributed by atoms with Crippen molar-refractivity contribution >= 4 is 41.5 Å². The number of aliphatic carboxylic acids is 1. The lowest BCUT2D eigenvalue weighted by Crippen LogP contribution is -2.57. The fourth-order valence-corrected chi connectivity index (χ4v) is 4.13. The summed E-state index contributed by atoms with van der Waals surface area (Å²) < 4.78 is 0. The summed E-state index contributed by atoms with van der Waals surface area (Å²) in [5.74, 6) is -5.48. The molecule has 0 unspecified atom stereocenters. The number of hydrogen-bond donors (Lipinski definition) is 9. The fraction of sp³-hybridized carbons (Fsp3) is 0.500. The average molecular weight is 590 g/mol. The summed E-state index contributed by atoms with van der Waals surface area (Å²) >= 11 is 0. The molecule has 2 rings (SSSR count). The number of nitrogens with one attached hydrogen (secondary N) is 5. The lowest BCUT2D eigenvalue weighted by Gasteiger charge is -2.27. The van der Waals surface area contributed by atoms with Gasteiger partial charge in [0.15, 0.2) is 5.96 Å². The molecule has 0 radical (unpaired) electrons. The topological polar surface area (TPSA) is 273 Å². The van der Waals surface area contributed by atoms with Crippen LogP contribution in [-0.4, -0.2) is 84.3 Å². The van der Waals surface area contributed by atoms with E-state index in [9.17, 15) is 33.9 Å². The molecule has 1 aromatic carbocycles. The van der Waals surface area contributed by atoms with Crippen LogP contribution in [0.5, 0.6) is 0 Å². The monoisotopic (exact) mass is 589 g/mol. The molecule has 16 heteroatoms. The van der Waals surface area contributed by atoms with E-state index in [0.29, 0.717) is 31.4 Å². The van der Waals surface area contributed by atoms with Crippen molar-refractivity contribution in [1.82, 2.24) is 26.6 Å². The molecule has 0 bridgehead atoms. The minimum atomic E-state index is -1.65. The molecular formula is C26H39N9O7. The van der Waals surface area contributed by atoms with E-state index in [1.165, 1.54) is 0 Å². The third kappa shape index (κ3) is 11.4. The summed E-state index contributed by atoms with van der Waals surface area (Å²) in [5.41, 5.74) is 16.6. The minimum Gasteiger partial charge on any atom is -0.480 e. The van der Waals surface area contributed by atoms with Gasteiger partial charge in [-0.2, -0.15) is 0 Å². The molecule has 1 aliphatic heterocycles. The van der Waals surface area contributed by atoms with Gasteiger partial charge in [-0.05, 0) is 44.2 Å². The Balaban J connectivity index is 2.44. The lowest BCUT2D eigenvalue weighted by molar-refractivity contribution is -0.144. The number of guanidine groups is 1. The Morgan fingerprint density at radius 3 is 2.12 bits per heavy atom. The predicted molar refractivity (Wildman–Crippen MR) is 151 cm³/mol. The first-order valence-electron chi connectivity index (χ1n) is 13.5. The maximum Gasteiger partial charge on any atom is 0.326 e. The van der Waals surface area contributed by atoms with Crippen LogP contribution in [0.25, 0.3) is 0 Å². The number of rotatable bonds is 10. The highest BCUT2D eigenvalue weighted by atomic mass is 16.4. The molecular weight excluding hydrogens is 550 g/mol. The SMILES string of the molecule is NCCCC[C@H]1NC(=O)[C@H](CCCN=C(N)N)NC(=O)CNC(=O)C[C@@H](C(=O)O)NC(=O)[C@@H](c2ccccc2)NC1=O. The third-order valence-corrected chi connectivity index (χ3v) is 6.31. The second-order valence-corrected chi connectivity index (χ2v) is 9.65. The van der Waals surface area contributed by atoms with Crippen molar-refractivity contribution in [3.8, 4) is 0 Å². The third-order valence-electron chi connectivity index (χ3n) is 6.31. The first kappa shape index (κ1) is 33.5. The zero-order chi connectivity index (χ0) is 31.1. The summed E-state index contributed by atoms with van der Waals surface area (Å²) in [7, 11) is 0. The van der Waals surface area contributed by atoms with Gasteiger partial charge >= 0.3 is 5.97 Å². The van der Waals surface area contributed by atoms with E-state index in [1.807, 2.05) is 0 Å². The highest BCUT2D eigenvalue weighted by molar-refractivity contribution is 5.97. The number of carboxylic acids is 1. The van der Waals surface area contributed by atoms with Crippen molar-refractivity contribution in [2.75, 3.05) is 19.6 Å². The van der Waals surface area contributed by atoms with Gasteiger partial charge < -0.3 is 48.9 Å². The molecule has 0 aromatic heterocycles. The van der Waals surface area contributed by atoms with Crippen molar-refractivity contribution < 1.29 is 33.9 Å². The Kier molecular flexibility index (Phi) is 13.7. The molecule has 230 valence electrons. The number of unbranched alkanes of at least 4 members (excludes halogenated alkanes) is 1. The summed E-state index contributed by atoms with van der Waals surface area (Å²) in [6.07, 6.45) is 0.889. The molecule has 1 fully saturated rings. The van der Waals surface area contributed by atoms with Crippen LogP contribution in [0.15, 0.2) is 35.3 Å². The second kappa shape index (κ2) is 17.2. The van der Waals surface area contributed by atoms with Crippen molar-refractivity contribution in [2.45, 2.75) is 62.7 Å². The normalized spacial score (nSPS) is 22.5. The van der Waals surface area contributed by atoms with Crippen LogP contribution in [0, 0.1) is 0 Å². The molecule has 12 N–H and O–H groups in total. The molecule has 1 aliphatic rings. The number of hydrogen-bond acceptors (Lipinski definition) is 8.